The first-order valence-corrected chi connectivity index (χ1v) is 5.05. The smallest absolute Gasteiger partial charge is 0.159 e. The topological polar surface area (TPSA) is 38.7 Å². The highest BCUT2D eigenvalue weighted by Gasteiger charge is 2.03. The Kier molecular flexibility index (Phi) is 2.07. The highest BCUT2D eigenvalue weighted by Crippen LogP contribution is 2.25. The SMILES string of the molecule is c1cncc(-c2ccnc3ncccc23)c1. The Morgan fingerprint density at radius 1 is 0.812 bits per heavy atom. The molecule has 76 valence electrons. The third-order valence-corrected chi connectivity index (χ3v) is 2.49. The quantitative estimate of drug-likeness (QED) is 0.615. The van der Waals surface area contributed by atoms with E-state index in [0.29, 0.717) is 0 Å². The molecule has 0 aliphatic rings. The van der Waals surface area contributed by atoms with Crippen molar-refractivity contribution in [3.05, 3.63) is 55.1 Å². The van der Waals surface area contributed by atoms with Crippen LogP contribution in [0, 0.1) is 0 Å². The van der Waals surface area contributed by atoms with Crippen molar-refractivity contribution in [3.63, 3.8) is 0 Å². The summed E-state index contributed by atoms with van der Waals surface area (Å²) in [5, 5.41) is 1.05. The molecule has 0 spiro atoms. The van der Waals surface area contributed by atoms with Crippen LogP contribution in [0.15, 0.2) is 55.1 Å². The molecule has 0 amide bonds. The number of hydrogen-bond donors (Lipinski definition) is 0. The van der Waals surface area contributed by atoms with Crippen LogP contribution in [0.4, 0.5) is 0 Å². The molecular formula is C13H9N3. The number of rotatable bonds is 1. The van der Waals surface area contributed by atoms with Crippen LogP contribution in [0.3, 0.4) is 0 Å². The average molecular weight is 207 g/mol. The fourth-order valence-corrected chi connectivity index (χ4v) is 1.76. The van der Waals surface area contributed by atoms with Crippen LogP contribution >= 0.6 is 0 Å². The van der Waals surface area contributed by atoms with E-state index in [9.17, 15) is 0 Å². The van der Waals surface area contributed by atoms with E-state index in [1.54, 1.807) is 18.6 Å². The summed E-state index contributed by atoms with van der Waals surface area (Å²) in [6, 6.07) is 9.90. The predicted molar refractivity (Wildman–Crippen MR) is 62.8 cm³/mol. The Morgan fingerprint density at radius 2 is 1.69 bits per heavy atom. The molecule has 3 aromatic rings. The molecule has 0 N–H and O–H groups in total. The van der Waals surface area contributed by atoms with Crippen molar-refractivity contribution >= 4 is 11.0 Å². The summed E-state index contributed by atoms with van der Waals surface area (Å²) in [5.74, 6) is 0. The summed E-state index contributed by atoms with van der Waals surface area (Å²) in [7, 11) is 0. The van der Waals surface area contributed by atoms with Gasteiger partial charge in [0.15, 0.2) is 5.65 Å². The highest BCUT2D eigenvalue weighted by molar-refractivity contribution is 5.91. The van der Waals surface area contributed by atoms with Crippen LogP contribution in [0.25, 0.3) is 22.2 Å². The summed E-state index contributed by atoms with van der Waals surface area (Å²) >= 11 is 0. The molecule has 0 atom stereocenters. The molecule has 16 heavy (non-hydrogen) atoms. The molecule has 3 nitrogen and oxygen atoms in total. The van der Waals surface area contributed by atoms with Crippen LogP contribution in [-0.4, -0.2) is 15.0 Å². The summed E-state index contributed by atoms with van der Waals surface area (Å²) in [5.41, 5.74) is 2.97. The standard InChI is InChI=1S/C13H9N3/c1-3-10(9-14-6-1)11-5-8-16-13-12(11)4-2-7-15-13/h1-9H. The second-order valence-corrected chi connectivity index (χ2v) is 3.47. The lowest BCUT2D eigenvalue weighted by Crippen LogP contribution is -1.86. The molecule has 0 radical (unpaired) electrons. The summed E-state index contributed by atoms with van der Waals surface area (Å²) in [4.78, 5) is 12.6. The molecule has 3 aromatic heterocycles. The van der Waals surface area contributed by atoms with E-state index >= 15 is 0 Å². The van der Waals surface area contributed by atoms with Gasteiger partial charge in [-0.1, -0.05) is 6.07 Å². The lowest BCUT2D eigenvalue weighted by Gasteiger charge is -2.04. The fraction of sp³-hybridized carbons (Fsp3) is 0. The zero-order chi connectivity index (χ0) is 10.8. The Balaban J connectivity index is 2.32. The number of hydrogen-bond acceptors (Lipinski definition) is 3. The van der Waals surface area contributed by atoms with E-state index < -0.39 is 0 Å². The van der Waals surface area contributed by atoms with Gasteiger partial charge >= 0.3 is 0 Å². The van der Waals surface area contributed by atoms with Gasteiger partial charge in [0.25, 0.3) is 0 Å². The second kappa shape index (κ2) is 3.70. The minimum atomic E-state index is 0.767. The van der Waals surface area contributed by atoms with Gasteiger partial charge < -0.3 is 0 Å². The van der Waals surface area contributed by atoms with Crippen LogP contribution in [-0.2, 0) is 0 Å². The number of pyridine rings is 3. The lowest BCUT2D eigenvalue weighted by molar-refractivity contribution is 1.28. The number of nitrogens with zero attached hydrogens (tertiary/aromatic N) is 3. The van der Waals surface area contributed by atoms with Crippen LogP contribution in [0.5, 0.6) is 0 Å². The Labute approximate surface area is 92.8 Å². The first-order valence-electron chi connectivity index (χ1n) is 5.05. The van der Waals surface area contributed by atoms with E-state index in [2.05, 4.69) is 15.0 Å². The Hall–Kier alpha value is -2.29. The highest BCUT2D eigenvalue weighted by atomic mass is 14.8. The third kappa shape index (κ3) is 1.42. The van der Waals surface area contributed by atoms with Gasteiger partial charge in [-0.25, -0.2) is 9.97 Å². The minimum Gasteiger partial charge on any atom is -0.264 e. The van der Waals surface area contributed by atoms with Crippen molar-refractivity contribution in [2.75, 3.05) is 0 Å². The molecule has 0 fully saturated rings. The fourth-order valence-electron chi connectivity index (χ4n) is 1.76. The zero-order valence-electron chi connectivity index (χ0n) is 8.54. The normalized spacial score (nSPS) is 10.5. The van der Waals surface area contributed by atoms with E-state index in [0.717, 1.165) is 22.2 Å². The minimum absolute atomic E-state index is 0.767. The third-order valence-electron chi connectivity index (χ3n) is 2.49. The largest absolute Gasteiger partial charge is 0.264 e. The first-order chi connectivity index (χ1) is 7.95. The summed E-state index contributed by atoms with van der Waals surface area (Å²) in [6.45, 7) is 0. The Morgan fingerprint density at radius 3 is 2.56 bits per heavy atom. The lowest BCUT2D eigenvalue weighted by atomic mass is 10.1. The van der Waals surface area contributed by atoms with Crippen LogP contribution < -0.4 is 0 Å². The second-order valence-electron chi connectivity index (χ2n) is 3.47. The van der Waals surface area contributed by atoms with E-state index in [-0.39, 0.29) is 0 Å². The zero-order valence-corrected chi connectivity index (χ0v) is 8.54. The molecule has 3 heteroatoms. The van der Waals surface area contributed by atoms with Gasteiger partial charge in [0.05, 0.1) is 0 Å². The molecule has 3 rings (SSSR count). The first kappa shape index (κ1) is 8.97. The summed E-state index contributed by atoms with van der Waals surface area (Å²) < 4.78 is 0. The Bertz CT molecular complexity index is 615. The molecule has 0 saturated carbocycles. The molecule has 0 aliphatic heterocycles. The maximum atomic E-state index is 4.24. The van der Waals surface area contributed by atoms with Crippen LogP contribution in [0.2, 0.25) is 0 Å². The molecule has 0 bridgehead atoms. The summed E-state index contributed by atoms with van der Waals surface area (Å²) in [6.07, 6.45) is 7.15. The average Bonchev–Trinajstić information content (AvgIpc) is 2.39. The maximum Gasteiger partial charge on any atom is 0.159 e. The van der Waals surface area contributed by atoms with Crippen molar-refractivity contribution in [2.24, 2.45) is 0 Å². The molecular weight excluding hydrogens is 198 g/mol. The van der Waals surface area contributed by atoms with Gasteiger partial charge in [0.2, 0.25) is 0 Å². The van der Waals surface area contributed by atoms with E-state index in [1.165, 1.54) is 0 Å². The molecule has 0 saturated heterocycles. The van der Waals surface area contributed by atoms with Gasteiger partial charge in [-0.2, -0.15) is 0 Å². The predicted octanol–water partition coefficient (Wildman–Crippen LogP) is 2.69. The molecule has 3 heterocycles. The van der Waals surface area contributed by atoms with Crippen molar-refractivity contribution in [3.8, 4) is 11.1 Å². The maximum absolute atomic E-state index is 4.24. The molecule has 0 aliphatic carbocycles. The number of aromatic nitrogens is 3. The number of fused-ring (bicyclic) bond motifs is 1. The van der Waals surface area contributed by atoms with Crippen molar-refractivity contribution in [1.82, 2.24) is 15.0 Å². The van der Waals surface area contributed by atoms with Gasteiger partial charge in [-0.3, -0.25) is 4.98 Å². The van der Waals surface area contributed by atoms with E-state index in [4.69, 9.17) is 0 Å². The molecule has 0 aromatic carbocycles. The van der Waals surface area contributed by atoms with Gasteiger partial charge in [0, 0.05) is 35.7 Å². The molecule has 0 unspecified atom stereocenters. The van der Waals surface area contributed by atoms with E-state index in [1.807, 2.05) is 36.5 Å². The van der Waals surface area contributed by atoms with Gasteiger partial charge in [-0.05, 0) is 29.8 Å². The van der Waals surface area contributed by atoms with Gasteiger partial charge in [-0.15, -0.1) is 0 Å². The van der Waals surface area contributed by atoms with Crippen LogP contribution in [0.1, 0.15) is 0 Å². The van der Waals surface area contributed by atoms with Crippen molar-refractivity contribution < 1.29 is 0 Å². The van der Waals surface area contributed by atoms with Crippen molar-refractivity contribution in [1.29, 1.82) is 0 Å². The van der Waals surface area contributed by atoms with Gasteiger partial charge in [0.1, 0.15) is 0 Å². The monoisotopic (exact) mass is 207 g/mol. The van der Waals surface area contributed by atoms with Crippen molar-refractivity contribution in [2.45, 2.75) is 0 Å².